The van der Waals surface area contributed by atoms with Gasteiger partial charge >= 0.3 is 0 Å². The molecule has 0 heterocycles. The lowest BCUT2D eigenvalue weighted by atomic mass is 9.90. The highest BCUT2D eigenvalue weighted by molar-refractivity contribution is 5.85. The fraction of sp³-hybridized carbons (Fsp3) is 0.571. The molecule has 0 unspecified atom stereocenters. The molecule has 4 heteroatoms. The first-order valence-electron chi connectivity index (χ1n) is 6.29. The van der Waals surface area contributed by atoms with E-state index in [4.69, 9.17) is 5.73 Å². The Morgan fingerprint density at radius 2 is 1.94 bits per heavy atom. The predicted molar refractivity (Wildman–Crippen MR) is 73.3 cm³/mol. The van der Waals surface area contributed by atoms with E-state index >= 15 is 0 Å². The monoisotopic (exact) mass is 273 g/mol. The van der Waals surface area contributed by atoms with Crippen molar-refractivity contribution >= 4 is 12.4 Å². The van der Waals surface area contributed by atoms with Crippen molar-refractivity contribution in [2.24, 2.45) is 11.7 Å². The third kappa shape index (κ3) is 3.22. The van der Waals surface area contributed by atoms with Gasteiger partial charge in [-0.3, -0.25) is 0 Å². The minimum absolute atomic E-state index is 0. The number of hydrogen-bond acceptors (Lipinski definition) is 2. The summed E-state index contributed by atoms with van der Waals surface area (Å²) in [6, 6.07) is 4.38. The van der Waals surface area contributed by atoms with Crippen molar-refractivity contribution in [2.45, 2.75) is 44.8 Å². The summed E-state index contributed by atoms with van der Waals surface area (Å²) in [5.74, 6) is -0.0831. The molecule has 1 aliphatic rings. The van der Waals surface area contributed by atoms with Gasteiger partial charge in [0, 0.05) is 5.56 Å². The van der Waals surface area contributed by atoms with Crippen LogP contribution in [0.5, 0.6) is 0 Å². The largest absolute Gasteiger partial charge is 0.391 e. The zero-order valence-corrected chi connectivity index (χ0v) is 11.4. The van der Waals surface area contributed by atoms with E-state index in [0.29, 0.717) is 5.56 Å². The van der Waals surface area contributed by atoms with Crippen LogP contribution in [0.25, 0.3) is 0 Å². The first-order chi connectivity index (χ1) is 8.09. The summed E-state index contributed by atoms with van der Waals surface area (Å²) in [6.45, 7) is 1.84. The van der Waals surface area contributed by atoms with E-state index < -0.39 is 12.1 Å². The number of benzene rings is 1. The second-order valence-electron chi connectivity index (χ2n) is 5.09. The van der Waals surface area contributed by atoms with Gasteiger partial charge in [0.15, 0.2) is 0 Å². The smallest absolute Gasteiger partial charge is 0.128 e. The summed E-state index contributed by atoms with van der Waals surface area (Å²) in [7, 11) is 0. The zero-order chi connectivity index (χ0) is 12.4. The van der Waals surface area contributed by atoms with E-state index in [1.807, 2.05) is 13.0 Å². The number of nitrogens with two attached hydrogens (primary N) is 1. The molecule has 0 saturated heterocycles. The Balaban J connectivity index is 0.00000162. The molecule has 0 aromatic heterocycles. The molecular weight excluding hydrogens is 253 g/mol. The number of aliphatic hydroxyl groups excluding tert-OH is 1. The SMILES string of the molecule is Cc1ccc([C@H](N)[C@H](O)C2CCCC2)c(F)c1.Cl. The molecule has 2 rings (SSSR count). The van der Waals surface area contributed by atoms with Gasteiger partial charge in [0.05, 0.1) is 12.1 Å². The Kier molecular flexibility index (Phi) is 5.57. The quantitative estimate of drug-likeness (QED) is 0.889. The summed E-state index contributed by atoms with van der Waals surface area (Å²) in [5, 5.41) is 10.2. The number of rotatable bonds is 3. The van der Waals surface area contributed by atoms with Crippen LogP contribution >= 0.6 is 12.4 Å². The minimum atomic E-state index is -0.630. The summed E-state index contributed by atoms with van der Waals surface area (Å²) in [5.41, 5.74) is 7.27. The van der Waals surface area contributed by atoms with Crippen molar-refractivity contribution in [1.82, 2.24) is 0 Å². The molecule has 1 aromatic carbocycles. The zero-order valence-electron chi connectivity index (χ0n) is 10.6. The Bertz CT molecular complexity index is 393. The van der Waals surface area contributed by atoms with Crippen molar-refractivity contribution in [1.29, 1.82) is 0 Å². The average molecular weight is 274 g/mol. The maximum atomic E-state index is 13.8. The molecule has 0 aliphatic heterocycles. The number of aryl methyl sites for hydroxylation is 1. The molecule has 102 valence electrons. The molecule has 3 N–H and O–H groups in total. The third-order valence-electron chi connectivity index (χ3n) is 3.77. The highest BCUT2D eigenvalue weighted by Crippen LogP contribution is 2.33. The van der Waals surface area contributed by atoms with E-state index in [2.05, 4.69) is 0 Å². The van der Waals surface area contributed by atoms with E-state index in [-0.39, 0.29) is 24.1 Å². The van der Waals surface area contributed by atoms with Crippen LogP contribution in [0.3, 0.4) is 0 Å². The summed E-state index contributed by atoms with van der Waals surface area (Å²) in [4.78, 5) is 0. The fourth-order valence-corrected chi connectivity index (χ4v) is 2.68. The standard InChI is InChI=1S/C14H20FNO.ClH/c1-9-6-7-11(12(15)8-9)13(16)14(17)10-4-2-3-5-10;/h6-8,10,13-14,17H,2-5,16H2,1H3;1H/t13-,14+;/m0./s1. The third-order valence-corrected chi connectivity index (χ3v) is 3.77. The summed E-state index contributed by atoms with van der Waals surface area (Å²) >= 11 is 0. The molecule has 0 spiro atoms. The van der Waals surface area contributed by atoms with Gasteiger partial charge in [-0.05, 0) is 37.3 Å². The predicted octanol–water partition coefficient (Wildman–Crippen LogP) is 3.11. The van der Waals surface area contributed by atoms with Crippen LogP contribution < -0.4 is 5.73 Å². The number of aliphatic hydroxyl groups is 1. The van der Waals surface area contributed by atoms with Gasteiger partial charge in [0.1, 0.15) is 5.82 Å². The second kappa shape index (κ2) is 6.50. The van der Waals surface area contributed by atoms with Crippen LogP contribution in [0, 0.1) is 18.7 Å². The second-order valence-corrected chi connectivity index (χ2v) is 5.09. The highest BCUT2D eigenvalue weighted by Gasteiger charge is 2.29. The van der Waals surface area contributed by atoms with Crippen molar-refractivity contribution in [2.75, 3.05) is 0 Å². The molecule has 1 aromatic rings. The van der Waals surface area contributed by atoms with Crippen molar-refractivity contribution in [3.05, 3.63) is 35.1 Å². The highest BCUT2D eigenvalue weighted by atomic mass is 35.5. The molecule has 18 heavy (non-hydrogen) atoms. The van der Waals surface area contributed by atoms with Gasteiger partial charge in [-0.15, -0.1) is 12.4 Å². The fourth-order valence-electron chi connectivity index (χ4n) is 2.68. The molecule has 2 atom stereocenters. The van der Waals surface area contributed by atoms with Gasteiger partial charge < -0.3 is 10.8 Å². The lowest BCUT2D eigenvalue weighted by Crippen LogP contribution is -2.32. The molecule has 2 nitrogen and oxygen atoms in total. The molecule has 0 radical (unpaired) electrons. The van der Waals surface area contributed by atoms with Crippen LogP contribution in [-0.2, 0) is 0 Å². The molecule has 1 saturated carbocycles. The van der Waals surface area contributed by atoms with Crippen molar-refractivity contribution in [3.8, 4) is 0 Å². The van der Waals surface area contributed by atoms with Crippen LogP contribution in [0.2, 0.25) is 0 Å². The van der Waals surface area contributed by atoms with Gasteiger partial charge in [-0.1, -0.05) is 25.0 Å². The van der Waals surface area contributed by atoms with Crippen molar-refractivity contribution < 1.29 is 9.50 Å². The topological polar surface area (TPSA) is 46.2 Å². The number of halogens is 2. The van der Waals surface area contributed by atoms with E-state index in [9.17, 15) is 9.50 Å². The maximum Gasteiger partial charge on any atom is 0.128 e. The van der Waals surface area contributed by atoms with Crippen LogP contribution in [0.1, 0.15) is 42.9 Å². The van der Waals surface area contributed by atoms with E-state index in [1.165, 1.54) is 6.07 Å². The number of hydrogen-bond donors (Lipinski definition) is 2. The minimum Gasteiger partial charge on any atom is -0.391 e. The Labute approximate surface area is 114 Å². The lowest BCUT2D eigenvalue weighted by Gasteiger charge is -2.25. The Morgan fingerprint density at radius 1 is 1.33 bits per heavy atom. The summed E-state index contributed by atoms with van der Waals surface area (Å²) < 4.78 is 13.8. The maximum absolute atomic E-state index is 13.8. The van der Waals surface area contributed by atoms with Gasteiger partial charge in [0.2, 0.25) is 0 Å². The molecule has 1 aliphatic carbocycles. The van der Waals surface area contributed by atoms with E-state index in [0.717, 1.165) is 31.2 Å². The molecule has 1 fully saturated rings. The Morgan fingerprint density at radius 3 is 2.50 bits per heavy atom. The first kappa shape index (κ1) is 15.4. The van der Waals surface area contributed by atoms with Crippen LogP contribution in [0.4, 0.5) is 4.39 Å². The van der Waals surface area contributed by atoms with Crippen molar-refractivity contribution in [3.63, 3.8) is 0 Å². The van der Waals surface area contributed by atoms with Gasteiger partial charge in [-0.25, -0.2) is 4.39 Å². The molecule has 0 amide bonds. The lowest BCUT2D eigenvalue weighted by molar-refractivity contribution is 0.0833. The molecular formula is C14H21ClFNO. The average Bonchev–Trinajstić information content (AvgIpc) is 2.80. The molecule has 0 bridgehead atoms. The normalized spacial score (nSPS) is 19.3. The first-order valence-corrected chi connectivity index (χ1v) is 6.29. The Hall–Kier alpha value is -0.640. The summed E-state index contributed by atoms with van der Waals surface area (Å²) in [6.07, 6.45) is 3.66. The van der Waals surface area contributed by atoms with Crippen LogP contribution in [-0.4, -0.2) is 11.2 Å². The van der Waals surface area contributed by atoms with E-state index in [1.54, 1.807) is 6.07 Å². The van der Waals surface area contributed by atoms with Gasteiger partial charge in [-0.2, -0.15) is 0 Å². The van der Waals surface area contributed by atoms with Crippen LogP contribution in [0.15, 0.2) is 18.2 Å². The van der Waals surface area contributed by atoms with Gasteiger partial charge in [0.25, 0.3) is 0 Å².